The molecule has 16 heavy (non-hydrogen) atoms. The molecule has 0 saturated heterocycles. The van der Waals surface area contributed by atoms with Crippen LogP contribution < -0.4 is 9.47 Å². The molecule has 1 aromatic carbocycles. The zero-order valence-electron chi connectivity index (χ0n) is 9.45. The Morgan fingerprint density at radius 1 is 1.38 bits per heavy atom. The highest BCUT2D eigenvalue weighted by Gasteiger charge is 2.03. The third kappa shape index (κ3) is 3.32. The van der Waals surface area contributed by atoms with E-state index in [2.05, 4.69) is 11.8 Å². The summed E-state index contributed by atoms with van der Waals surface area (Å²) < 4.78 is 10.7. The van der Waals surface area contributed by atoms with Crippen molar-refractivity contribution in [3.63, 3.8) is 0 Å². The van der Waals surface area contributed by atoms with Crippen LogP contribution >= 0.6 is 0 Å². The van der Waals surface area contributed by atoms with Crippen LogP contribution in [0.2, 0.25) is 0 Å². The van der Waals surface area contributed by atoms with Crippen molar-refractivity contribution in [3.05, 3.63) is 23.8 Å². The van der Waals surface area contributed by atoms with E-state index in [1.165, 1.54) is 0 Å². The van der Waals surface area contributed by atoms with Crippen molar-refractivity contribution in [1.29, 1.82) is 0 Å². The molecule has 0 atom stereocenters. The highest BCUT2D eigenvalue weighted by molar-refractivity contribution is 5.74. The topological polar surface area (TPSA) is 35.5 Å². The van der Waals surface area contributed by atoms with E-state index in [4.69, 9.17) is 9.47 Å². The molecule has 0 heterocycles. The molecule has 0 N–H and O–H groups in total. The lowest BCUT2D eigenvalue weighted by atomic mass is 10.2. The van der Waals surface area contributed by atoms with Crippen LogP contribution in [-0.2, 0) is 4.79 Å². The zero-order valence-corrected chi connectivity index (χ0v) is 9.45. The number of ether oxygens (including phenoxy) is 2. The van der Waals surface area contributed by atoms with Gasteiger partial charge in [0.25, 0.3) is 0 Å². The number of aldehydes is 1. The summed E-state index contributed by atoms with van der Waals surface area (Å²) in [6, 6.07) is 5.34. The molecule has 0 fully saturated rings. The standard InChI is InChI=1S/C13H14O3/c1-3-9-16-12-7-6-11(5-4-8-14)10-13(12)15-2/h6-8,10H,3,9H2,1-2H3. The number of hydrogen-bond acceptors (Lipinski definition) is 3. The zero-order chi connectivity index (χ0) is 11.8. The molecular weight excluding hydrogens is 204 g/mol. The van der Waals surface area contributed by atoms with E-state index in [0.717, 1.165) is 12.0 Å². The first kappa shape index (κ1) is 12.1. The van der Waals surface area contributed by atoms with Gasteiger partial charge in [0.05, 0.1) is 13.7 Å². The van der Waals surface area contributed by atoms with E-state index in [1.54, 1.807) is 25.3 Å². The van der Waals surface area contributed by atoms with Gasteiger partial charge in [-0.1, -0.05) is 12.8 Å². The molecule has 3 nitrogen and oxygen atoms in total. The molecule has 1 rings (SSSR count). The quantitative estimate of drug-likeness (QED) is 0.573. The van der Waals surface area contributed by atoms with Crippen LogP contribution in [0.3, 0.4) is 0 Å². The molecule has 0 aliphatic rings. The summed E-state index contributed by atoms with van der Waals surface area (Å²) >= 11 is 0. The second-order valence-electron chi connectivity index (χ2n) is 3.10. The highest BCUT2D eigenvalue weighted by atomic mass is 16.5. The monoisotopic (exact) mass is 218 g/mol. The summed E-state index contributed by atoms with van der Waals surface area (Å²) in [5.74, 6) is 6.38. The average Bonchev–Trinajstić information content (AvgIpc) is 2.34. The van der Waals surface area contributed by atoms with Gasteiger partial charge < -0.3 is 9.47 Å². The number of carbonyl (C=O) groups excluding carboxylic acids is 1. The molecule has 1 aromatic rings. The fourth-order valence-corrected chi connectivity index (χ4v) is 1.19. The third-order valence-corrected chi connectivity index (χ3v) is 1.90. The second-order valence-corrected chi connectivity index (χ2v) is 3.10. The fraction of sp³-hybridized carbons (Fsp3) is 0.308. The Morgan fingerprint density at radius 3 is 2.81 bits per heavy atom. The van der Waals surface area contributed by atoms with Gasteiger partial charge in [-0.05, 0) is 30.5 Å². The van der Waals surface area contributed by atoms with Crippen LogP contribution in [0.4, 0.5) is 0 Å². The Morgan fingerprint density at radius 2 is 2.19 bits per heavy atom. The SMILES string of the molecule is CCCOc1ccc(C#CC=O)cc1OC. The minimum absolute atomic E-state index is 0.563. The summed E-state index contributed by atoms with van der Waals surface area (Å²) in [4.78, 5) is 10.1. The predicted octanol–water partition coefficient (Wildman–Crippen LogP) is 2.03. The molecule has 0 unspecified atom stereocenters. The lowest BCUT2D eigenvalue weighted by Gasteiger charge is -2.09. The molecule has 0 amide bonds. The van der Waals surface area contributed by atoms with Gasteiger partial charge in [-0.3, -0.25) is 4.79 Å². The number of benzene rings is 1. The van der Waals surface area contributed by atoms with E-state index in [1.807, 2.05) is 6.92 Å². The van der Waals surface area contributed by atoms with Crippen molar-refractivity contribution in [2.24, 2.45) is 0 Å². The third-order valence-electron chi connectivity index (χ3n) is 1.90. The maximum Gasteiger partial charge on any atom is 0.193 e. The lowest BCUT2D eigenvalue weighted by molar-refractivity contribution is -0.103. The Labute approximate surface area is 95.4 Å². The molecule has 0 aromatic heterocycles. The summed E-state index contributed by atoms with van der Waals surface area (Å²) in [6.45, 7) is 2.69. The highest BCUT2D eigenvalue weighted by Crippen LogP contribution is 2.27. The van der Waals surface area contributed by atoms with Crippen molar-refractivity contribution in [1.82, 2.24) is 0 Å². The van der Waals surface area contributed by atoms with Crippen molar-refractivity contribution in [2.75, 3.05) is 13.7 Å². The first-order valence-electron chi connectivity index (χ1n) is 5.07. The van der Waals surface area contributed by atoms with E-state index in [0.29, 0.717) is 24.4 Å². The van der Waals surface area contributed by atoms with E-state index in [-0.39, 0.29) is 0 Å². The molecule has 0 spiro atoms. The second kappa shape index (κ2) is 6.52. The molecule has 0 aliphatic carbocycles. The molecule has 0 aliphatic heterocycles. The Hall–Kier alpha value is -1.95. The average molecular weight is 218 g/mol. The smallest absolute Gasteiger partial charge is 0.193 e. The number of hydrogen-bond donors (Lipinski definition) is 0. The minimum Gasteiger partial charge on any atom is -0.493 e. The predicted molar refractivity (Wildman–Crippen MR) is 61.7 cm³/mol. The largest absolute Gasteiger partial charge is 0.493 e. The van der Waals surface area contributed by atoms with Crippen molar-refractivity contribution in [3.8, 4) is 23.3 Å². The minimum atomic E-state index is 0.563. The summed E-state index contributed by atoms with van der Waals surface area (Å²) in [7, 11) is 1.57. The first-order valence-corrected chi connectivity index (χ1v) is 5.07. The van der Waals surface area contributed by atoms with Gasteiger partial charge in [-0.15, -0.1) is 0 Å². The lowest BCUT2D eigenvalue weighted by Crippen LogP contribution is -1.97. The van der Waals surface area contributed by atoms with Crippen LogP contribution in [0, 0.1) is 11.8 Å². The van der Waals surface area contributed by atoms with Crippen LogP contribution in [0.25, 0.3) is 0 Å². The first-order chi connectivity index (χ1) is 7.81. The van der Waals surface area contributed by atoms with Gasteiger partial charge in [-0.25, -0.2) is 0 Å². The van der Waals surface area contributed by atoms with Gasteiger partial charge in [0.1, 0.15) is 0 Å². The molecule has 3 heteroatoms. The van der Waals surface area contributed by atoms with Gasteiger partial charge in [-0.2, -0.15) is 0 Å². The van der Waals surface area contributed by atoms with Crippen LogP contribution in [0.1, 0.15) is 18.9 Å². The normalized spacial score (nSPS) is 8.88. The van der Waals surface area contributed by atoms with Gasteiger partial charge in [0.15, 0.2) is 17.8 Å². The Kier molecular flexibility index (Phi) is 4.94. The molecular formula is C13H14O3. The van der Waals surface area contributed by atoms with Crippen molar-refractivity contribution in [2.45, 2.75) is 13.3 Å². The van der Waals surface area contributed by atoms with Crippen LogP contribution in [-0.4, -0.2) is 20.0 Å². The van der Waals surface area contributed by atoms with Gasteiger partial charge in [0.2, 0.25) is 0 Å². The van der Waals surface area contributed by atoms with E-state index in [9.17, 15) is 4.79 Å². The van der Waals surface area contributed by atoms with Crippen molar-refractivity contribution < 1.29 is 14.3 Å². The number of rotatable bonds is 4. The number of methoxy groups -OCH3 is 1. The molecule has 0 saturated carbocycles. The van der Waals surface area contributed by atoms with Crippen LogP contribution in [0.5, 0.6) is 11.5 Å². The Bertz CT molecular complexity index is 413. The maximum atomic E-state index is 10.1. The van der Waals surface area contributed by atoms with Crippen molar-refractivity contribution >= 4 is 6.29 Å². The molecule has 0 bridgehead atoms. The summed E-state index contributed by atoms with van der Waals surface area (Å²) in [6.07, 6.45) is 1.50. The van der Waals surface area contributed by atoms with Gasteiger partial charge in [0, 0.05) is 5.56 Å². The number of carbonyl (C=O) groups is 1. The van der Waals surface area contributed by atoms with E-state index < -0.39 is 0 Å². The van der Waals surface area contributed by atoms with Gasteiger partial charge >= 0.3 is 0 Å². The summed E-state index contributed by atoms with van der Waals surface area (Å²) in [5, 5.41) is 0. The fourth-order valence-electron chi connectivity index (χ4n) is 1.19. The van der Waals surface area contributed by atoms with E-state index >= 15 is 0 Å². The maximum absolute atomic E-state index is 10.1. The Balaban J connectivity index is 2.92. The van der Waals surface area contributed by atoms with Crippen LogP contribution in [0.15, 0.2) is 18.2 Å². The summed E-state index contributed by atoms with van der Waals surface area (Å²) in [5.41, 5.74) is 0.729. The molecule has 84 valence electrons. The molecule has 0 radical (unpaired) electrons.